The molecule has 0 bridgehead atoms. The SMILES string of the molecule is CC(C)CBr.c1csnn1. The van der Waals surface area contributed by atoms with Crippen molar-refractivity contribution < 1.29 is 0 Å². The van der Waals surface area contributed by atoms with Crippen molar-refractivity contribution in [2.75, 3.05) is 5.33 Å². The fourth-order valence-electron chi connectivity index (χ4n) is 0.136. The fraction of sp³-hybridized carbons (Fsp3) is 0.667. The van der Waals surface area contributed by atoms with Crippen LogP contribution < -0.4 is 0 Å². The van der Waals surface area contributed by atoms with Crippen molar-refractivity contribution in [3.63, 3.8) is 0 Å². The molecule has 1 rings (SSSR count). The average Bonchev–Trinajstić information content (AvgIpc) is 2.43. The molecule has 0 fully saturated rings. The predicted molar refractivity (Wildman–Crippen MR) is 48.5 cm³/mol. The maximum absolute atomic E-state index is 3.51. The lowest BCUT2D eigenvalue weighted by Gasteiger charge is -1.88. The van der Waals surface area contributed by atoms with Gasteiger partial charge in [-0.25, -0.2) is 0 Å². The Bertz CT molecular complexity index is 113. The summed E-state index contributed by atoms with van der Waals surface area (Å²) in [5.41, 5.74) is 0. The molecule has 0 radical (unpaired) electrons. The standard InChI is InChI=1S/C4H9Br.C2H2N2S/c1-4(2)3-5;1-2-5-4-3-1/h4H,3H2,1-2H3;1-2H. The van der Waals surface area contributed by atoms with Gasteiger partial charge in [-0.2, -0.15) is 0 Å². The molecule has 0 aliphatic heterocycles. The molecule has 10 heavy (non-hydrogen) atoms. The maximum atomic E-state index is 3.51. The Kier molecular flexibility index (Phi) is 7.18. The van der Waals surface area contributed by atoms with Crippen LogP contribution in [0.25, 0.3) is 0 Å². The quantitative estimate of drug-likeness (QED) is 0.684. The zero-order valence-electron chi connectivity index (χ0n) is 6.12. The second-order valence-corrected chi connectivity index (χ2v) is 3.43. The third kappa shape index (κ3) is 8.04. The van der Waals surface area contributed by atoms with Crippen LogP contribution >= 0.6 is 27.5 Å². The number of halogens is 1. The number of rotatable bonds is 1. The van der Waals surface area contributed by atoms with Crippen LogP contribution in [0, 0.1) is 5.92 Å². The monoisotopic (exact) mass is 222 g/mol. The highest BCUT2D eigenvalue weighted by Gasteiger charge is 1.81. The summed E-state index contributed by atoms with van der Waals surface area (Å²) in [5, 5.41) is 6.43. The Labute approximate surface area is 74.0 Å². The van der Waals surface area contributed by atoms with Gasteiger partial charge in [0.25, 0.3) is 0 Å². The third-order valence-electron chi connectivity index (χ3n) is 0.591. The van der Waals surface area contributed by atoms with E-state index in [1.54, 1.807) is 6.20 Å². The Morgan fingerprint density at radius 1 is 1.60 bits per heavy atom. The lowest BCUT2D eigenvalue weighted by molar-refractivity contribution is 0.756. The van der Waals surface area contributed by atoms with Crippen molar-refractivity contribution in [3.8, 4) is 0 Å². The van der Waals surface area contributed by atoms with Crippen LogP contribution in [-0.4, -0.2) is 14.9 Å². The van der Waals surface area contributed by atoms with E-state index in [1.807, 2.05) is 5.38 Å². The molecule has 0 atom stereocenters. The molecule has 2 nitrogen and oxygen atoms in total. The highest BCUT2D eigenvalue weighted by molar-refractivity contribution is 9.09. The van der Waals surface area contributed by atoms with Crippen molar-refractivity contribution in [2.45, 2.75) is 13.8 Å². The Morgan fingerprint density at radius 2 is 2.20 bits per heavy atom. The number of hydrogen-bond acceptors (Lipinski definition) is 3. The normalized spacial score (nSPS) is 8.80. The highest BCUT2D eigenvalue weighted by atomic mass is 79.9. The number of aromatic nitrogens is 2. The first-order chi connectivity index (χ1) is 4.77. The van der Waals surface area contributed by atoms with Crippen molar-refractivity contribution >= 4 is 27.5 Å². The van der Waals surface area contributed by atoms with E-state index in [9.17, 15) is 0 Å². The molecule has 0 aromatic carbocycles. The molecule has 0 aliphatic rings. The molecule has 1 aromatic heterocycles. The smallest absolute Gasteiger partial charge is 0.0620 e. The van der Waals surface area contributed by atoms with Gasteiger partial charge in [-0.05, 0) is 17.5 Å². The van der Waals surface area contributed by atoms with E-state index in [1.165, 1.54) is 11.5 Å². The minimum atomic E-state index is 0.801. The molecule has 0 N–H and O–H groups in total. The van der Waals surface area contributed by atoms with Crippen LogP contribution in [0.3, 0.4) is 0 Å². The van der Waals surface area contributed by atoms with Crippen LogP contribution in [0.1, 0.15) is 13.8 Å². The molecular weight excluding hydrogens is 212 g/mol. The zero-order valence-corrected chi connectivity index (χ0v) is 8.52. The van der Waals surface area contributed by atoms with E-state index in [-0.39, 0.29) is 0 Å². The van der Waals surface area contributed by atoms with Crippen LogP contribution in [0.5, 0.6) is 0 Å². The predicted octanol–water partition coefficient (Wildman–Crippen LogP) is 2.58. The second kappa shape index (κ2) is 7.15. The van der Waals surface area contributed by atoms with Crippen LogP contribution in [0.2, 0.25) is 0 Å². The minimum Gasteiger partial charge on any atom is -0.147 e. The topological polar surface area (TPSA) is 25.8 Å². The zero-order chi connectivity index (χ0) is 7.82. The minimum absolute atomic E-state index is 0.801. The van der Waals surface area contributed by atoms with E-state index in [0.29, 0.717) is 0 Å². The molecule has 1 heterocycles. The first kappa shape index (κ1) is 10.0. The summed E-state index contributed by atoms with van der Waals surface area (Å²) in [5.74, 6) is 0.801. The molecular formula is C6H11BrN2S. The molecule has 1 aromatic rings. The molecule has 0 unspecified atom stereocenters. The summed E-state index contributed by atoms with van der Waals surface area (Å²) >= 11 is 4.67. The Hall–Kier alpha value is 0.0400. The lowest BCUT2D eigenvalue weighted by Crippen LogP contribution is -1.82. The molecule has 58 valence electrons. The second-order valence-electron chi connectivity index (χ2n) is 2.14. The molecule has 0 aliphatic carbocycles. The molecule has 0 amide bonds. The van der Waals surface area contributed by atoms with Crippen LogP contribution in [0.4, 0.5) is 0 Å². The van der Waals surface area contributed by atoms with Gasteiger partial charge in [0.2, 0.25) is 0 Å². The third-order valence-corrected chi connectivity index (χ3v) is 2.32. The molecule has 0 saturated carbocycles. The summed E-state index contributed by atoms with van der Waals surface area (Å²) in [6, 6.07) is 0. The van der Waals surface area contributed by atoms with E-state index in [0.717, 1.165) is 11.2 Å². The Balaban J connectivity index is 0.000000162. The molecule has 0 spiro atoms. The Morgan fingerprint density at radius 3 is 2.30 bits per heavy atom. The van der Waals surface area contributed by atoms with Gasteiger partial charge in [0.15, 0.2) is 0 Å². The van der Waals surface area contributed by atoms with E-state index >= 15 is 0 Å². The van der Waals surface area contributed by atoms with Gasteiger partial charge in [0.1, 0.15) is 0 Å². The van der Waals surface area contributed by atoms with Crippen molar-refractivity contribution in [2.24, 2.45) is 5.92 Å². The van der Waals surface area contributed by atoms with Crippen LogP contribution in [0.15, 0.2) is 11.6 Å². The number of hydrogen-bond donors (Lipinski definition) is 0. The van der Waals surface area contributed by atoms with Crippen molar-refractivity contribution in [1.82, 2.24) is 9.59 Å². The van der Waals surface area contributed by atoms with Crippen molar-refractivity contribution in [3.05, 3.63) is 11.6 Å². The van der Waals surface area contributed by atoms with Gasteiger partial charge < -0.3 is 0 Å². The summed E-state index contributed by atoms with van der Waals surface area (Å²) in [4.78, 5) is 0. The fourth-order valence-corrected chi connectivity index (χ4v) is 0.408. The van der Waals surface area contributed by atoms with Gasteiger partial charge in [-0.1, -0.05) is 34.3 Å². The van der Waals surface area contributed by atoms with E-state index in [4.69, 9.17) is 0 Å². The van der Waals surface area contributed by atoms with Crippen LogP contribution in [-0.2, 0) is 0 Å². The first-order valence-corrected chi connectivity index (χ1v) is 5.00. The molecule has 0 saturated heterocycles. The van der Waals surface area contributed by atoms with Gasteiger partial charge in [-0.3, -0.25) is 0 Å². The number of nitrogens with zero attached hydrogens (tertiary/aromatic N) is 2. The van der Waals surface area contributed by atoms with Crippen molar-refractivity contribution in [1.29, 1.82) is 0 Å². The number of alkyl halides is 1. The summed E-state index contributed by atoms with van der Waals surface area (Å²) in [6.45, 7) is 4.35. The average molecular weight is 223 g/mol. The first-order valence-electron chi connectivity index (χ1n) is 3.04. The summed E-state index contributed by atoms with van der Waals surface area (Å²) in [7, 11) is 0. The van der Waals surface area contributed by atoms with E-state index < -0.39 is 0 Å². The van der Waals surface area contributed by atoms with Gasteiger partial charge in [0, 0.05) is 10.7 Å². The summed E-state index contributed by atoms with van der Waals surface area (Å²) in [6.07, 6.45) is 1.66. The lowest BCUT2D eigenvalue weighted by atomic mass is 10.3. The van der Waals surface area contributed by atoms with Gasteiger partial charge in [0.05, 0.1) is 6.20 Å². The maximum Gasteiger partial charge on any atom is 0.0620 e. The summed E-state index contributed by atoms with van der Waals surface area (Å²) < 4.78 is 3.51. The van der Waals surface area contributed by atoms with E-state index in [2.05, 4.69) is 39.4 Å². The highest BCUT2D eigenvalue weighted by Crippen LogP contribution is 1.94. The van der Waals surface area contributed by atoms with Gasteiger partial charge >= 0.3 is 0 Å². The van der Waals surface area contributed by atoms with Gasteiger partial charge in [-0.15, -0.1) is 5.10 Å². The molecule has 4 heteroatoms. The largest absolute Gasteiger partial charge is 0.147 e.